The van der Waals surface area contributed by atoms with Crippen LogP contribution in [0.4, 0.5) is 0 Å². The van der Waals surface area contributed by atoms with Crippen LogP contribution in [0.2, 0.25) is 0 Å². The summed E-state index contributed by atoms with van der Waals surface area (Å²) in [7, 11) is 0. The molecule has 1 rings (SSSR count). The maximum absolute atomic E-state index is 11.2. The molecule has 1 fully saturated rings. The van der Waals surface area contributed by atoms with Crippen LogP contribution < -0.4 is 0 Å². The van der Waals surface area contributed by atoms with Crippen molar-refractivity contribution in [1.82, 2.24) is 0 Å². The molecule has 3 nitrogen and oxygen atoms in total. The van der Waals surface area contributed by atoms with Gasteiger partial charge < -0.3 is 5.11 Å². The first kappa shape index (κ1) is 8.59. The number of carboxylic acid groups (broad SMARTS) is 1. The molecule has 11 heavy (non-hydrogen) atoms. The van der Waals surface area contributed by atoms with Crippen molar-refractivity contribution in [3.8, 4) is 0 Å². The zero-order chi connectivity index (χ0) is 8.48. The molecule has 1 saturated carbocycles. The van der Waals surface area contributed by atoms with Gasteiger partial charge in [-0.1, -0.05) is 0 Å². The first-order chi connectivity index (χ1) is 5.10. The third-order valence-electron chi connectivity index (χ3n) is 1.91. The smallest absolute Gasteiger partial charge is 0.310 e. The summed E-state index contributed by atoms with van der Waals surface area (Å²) < 4.78 is -0.321. The van der Waals surface area contributed by atoms with Crippen molar-refractivity contribution in [3.05, 3.63) is 0 Å². The van der Waals surface area contributed by atoms with Crippen molar-refractivity contribution in [2.24, 2.45) is 0 Å². The van der Waals surface area contributed by atoms with Gasteiger partial charge in [0.25, 0.3) is 0 Å². The number of carbonyl (C=O) groups excluding carboxylic acids is 1. The Hall–Kier alpha value is -0.510. The van der Waals surface area contributed by atoms with Gasteiger partial charge in [-0.15, -0.1) is 0 Å². The van der Waals surface area contributed by atoms with Gasteiger partial charge in [-0.2, -0.15) is 11.8 Å². The maximum atomic E-state index is 11.2. The van der Waals surface area contributed by atoms with E-state index in [1.807, 2.05) is 6.26 Å². The molecule has 0 aromatic rings. The molecule has 0 aromatic carbocycles. The molecule has 0 aromatic heterocycles. The van der Waals surface area contributed by atoms with Crippen LogP contribution in [0.1, 0.15) is 19.3 Å². The Kier molecular flexibility index (Phi) is 2.23. The third-order valence-corrected chi connectivity index (χ3v) is 3.33. The van der Waals surface area contributed by atoms with Gasteiger partial charge in [0.05, 0.1) is 4.75 Å². The quantitative estimate of drug-likeness (QED) is 0.644. The Bertz CT molecular complexity index is 196. The molecule has 1 N–H and O–H groups in total. The average molecular weight is 174 g/mol. The van der Waals surface area contributed by atoms with Crippen LogP contribution in [0.15, 0.2) is 0 Å². The molecule has 0 unspecified atom stereocenters. The molecule has 0 atom stereocenters. The molecule has 0 saturated heterocycles. The molecule has 1 aliphatic rings. The van der Waals surface area contributed by atoms with Crippen molar-refractivity contribution >= 4 is 23.5 Å². The minimum atomic E-state index is -1.02. The van der Waals surface area contributed by atoms with Crippen LogP contribution >= 0.6 is 11.8 Å². The van der Waals surface area contributed by atoms with Gasteiger partial charge in [-0.3, -0.25) is 9.59 Å². The van der Waals surface area contributed by atoms with E-state index in [0.717, 1.165) is 12.8 Å². The van der Waals surface area contributed by atoms with Gasteiger partial charge in [0, 0.05) is 0 Å². The molecule has 0 bridgehead atoms. The minimum absolute atomic E-state index is 0.127. The molecule has 0 heterocycles. The molecule has 4 heteroatoms. The van der Waals surface area contributed by atoms with E-state index in [1.165, 1.54) is 11.8 Å². The number of hydrogen-bond donors (Lipinski definition) is 1. The number of rotatable bonds is 4. The fourth-order valence-corrected chi connectivity index (χ4v) is 1.82. The van der Waals surface area contributed by atoms with E-state index in [1.54, 1.807) is 0 Å². The highest BCUT2D eigenvalue weighted by Gasteiger charge is 2.48. The second-order valence-electron chi connectivity index (χ2n) is 2.69. The number of carbonyl (C=O) groups is 2. The number of ketones is 1. The van der Waals surface area contributed by atoms with Gasteiger partial charge >= 0.3 is 5.97 Å². The zero-order valence-electron chi connectivity index (χ0n) is 6.29. The molecule has 0 radical (unpaired) electrons. The Morgan fingerprint density at radius 2 is 2.09 bits per heavy atom. The highest BCUT2D eigenvalue weighted by atomic mass is 32.2. The number of thioether (sulfide) groups is 1. The van der Waals surface area contributed by atoms with Gasteiger partial charge in [0.2, 0.25) is 0 Å². The molecule has 0 aliphatic heterocycles. The molecule has 62 valence electrons. The summed E-state index contributed by atoms with van der Waals surface area (Å²) in [6.45, 7) is 0. The summed E-state index contributed by atoms with van der Waals surface area (Å²) >= 11 is 1.48. The predicted molar refractivity (Wildman–Crippen MR) is 42.7 cm³/mol. The fraction of sp³-hybridized carbons (Fsp3) is 0.714. The van der Waals surface area contributed by atoms with Crippen molar-refractivity contribution in [3.63, 3.8) is 0 Å². The lowest BCUT2D eigenvalue weighted by molar-refractivity contribution is -0.140. The molecule has 1 aliphatic carbocycles. The van der Waals surface area contributed by atoms with Crippen LogP contribution in [0.3, 0.4) is 0 Å². The Morgan fingerprint density at radius 3 is 2.36 bits per heavy atom. The summed E-state index contributed by atoms with van der Waals surface area (Å²) in [6.07, 6.45) is 3.23. The molecular formula is C7H10O3S. The summed E-state index contributed by atoms with van der Waals surface area (Å²) in [5.41, 5.74) is 0. The SMILES string of the molecule is CSC1(C(=O)CC(=O)O)CC1. The van der Waals surface area contributed by atoms with Crippen LogP contribution in [0.5, 0.6) is 0 Å². The monoisotopic (exact) mass is 174 g/mol. The maximum Gasteiger partial charge on any atom is 0.310 e. The normalized spacial score (nSPS) is 19.4. The summed E-state index contributed by atoms with van der Waals surface area (Å²) in [5, 5.41) is 8.34. The predicted octanol–water partition coefficient (Wildman–Crippen LogP) is 0.926. The number of aliphatic carboxylic acids is 1. The van der Waals surface area contributed by atoms with Crippen molar-refractivity contribution < 1.29 is 14.7 Å². The van der Waals surface area contributed by atoms with Gasteiger partial charge in [-0.05, 0) is 19.1 Å². The zero-order valence-corrected chi connectivity index (χ0v) is 7.11. The van der Waals surface area contributed by atoms with E-state index in [0.29, 0.717) is 0 Å². The number of carboxylic acids is 1. The first-order valence-corrected chi connectivity index (χ1v) is 4.63. The third kappa shape index (κ3) is 1.74. The van der Waals surface area contributed by atoms with Gasteiger partial charge in [0.1, 0.15) is 6.42 Å². The van der Waals surface area contributed by atoms with Crippen LogP contribution in [0, 0.1) is 0 Å². The molecular weight excluding hydrogens is 164 g/mol. The lowest BCUT2D eigenvalue weighted by Gasteiger charge is -2.07. The van der Waals surface area contributed by atoms with E-state index in [-0.39, 0.29) is 17.0 Å². The Balaban J connectivity index is 2.48. The van der Waals surface area contributed by atoms with Crippen LogP contribution in [-0.2, 0) is 9.59 Å². The van der Waals surface area contributed by atoms with E-state index in [9.17, 15) is 9.59 Å². The lowest BCUT2D eigenvalue weighted by Crippen LogP contribution is -2.21. The summed E-state index contributed by atoms with van der Waals surface area (Å²) in [6, 6.07) is 0. The first-order valence-electron chi connectivity index (χ1n) is 3.41. The minimum Gasteiger partial charge on any atom is -0.481 e. The van der Waals surface area contributed by atoms with Crippen LogP contribution in [0.25, 0.3) is 0 Å². The second kappa shape index (κ2) is 2.85. The van der Waals surface area contributed by atoms with Gasteiger partial charge in [-0.25, -0.2) is 0 Å². The topological polar surface area (TPSA) is 54.4 Å². The number of Topliss-reactive ketones (excluding diaryl/α,β-unsaturated/α-hetero) is 1. The van der Waals surface area contributed by atoms with E-state index < -0.39 is 5.97 Å². The van der Waals surface area contributed by atoms with Crippen LogP contribution in [-0.4, -0.2) is 27.9 Å². The largest absolute Gasteiger partial charge is 0.481 e. The molecule has 0 amide bonds. The van der Waals surface area contributed by atoms with Crippen molar-refractivity contribution in [2.45, 2.75) is 24.0 Å². The average Bonchev–Trinajstić information content (AvgIpc) is 2.65. The highest BCUT2D eigenvalue weighted by Crippen LogP contribution is 2.48. The van der Waals surface area contributed by atoms with Crippen molar-refractivity contribution in [1.29, 1.82) is 0 Å². The second-order valence-corrected chi connectivity index (χ2v) is 3.88. The van der Waals surface area contributed by atoms with Gasteiger partial charge in [0.15, 0.2) is 5.78 Å². The standard InChI is InChI=1S/C7H10O3S/c1-11-7(2-3-7)5(8)4-6(9)10/h2-4H2,1H3,(H,9,10). The highest BCUT2D eigenvalue weighted by molar-refractivity contribution is 8.01. The fourth-order valence-electron chi connectivity index (χ4n) is 1.01. The van der Waals surface area contributed by atoms with E-state index in [4.69, 9.17) is 5.11 Å². The van der Waals surface area contributed by atoms with E-state index >= 15 is 0 Å². The Labute approximate surface area is 69.2 Å². The van der Waals surface area contributed by atoms with E-state index in [2.05, 4.69) is 0 Å². The number of hydrogen-bond acceptors (Lipinski definition) is 3. The Morgan fingerprint density at radius 1 is 1.55 bits per heavy atom. The lowest BCUT2D eigenvalue weighted by atomic mass is 10.2. The van der Waals surface area contributed by atoms with Crippen molar-refractivity contribution in [2.75, 3.05) is 6.26 Å². The molecule has 0 spiro atoms. The summed E-state index contributed by atoms with van der Waals surface area (Å²) in [4.78, 5) is 21.3. The summed E-state index contributed by atoms with van der Waals surface area (Å²) in [5.74, 6) is -1.15.